The Balaban J connectivity index is -0.00000256. The molecule has 0 heterocycles. The summed E-state index contributed by atoms with van der Waals surface area (Å²) in [5.74, 6) is -0.160. The smallest absolute Gasteiger partial charge is 0.744 e. The van der Waals surface area contributed by atoms with Crippen LogP contribution in [0.5, 0.6) is 11.5 Å². The monoisotopic (exact) mass is 588 g/mol. The fraction of sp³-hybridized carbons (Fsp3) is 0.222. The molecule has 2 aromatic rings. The van der Waals surface area contributed by atoms with Gasteiger partial charge in [-0.3, -0.25) is 15.0 Å². The van der Waals surface area contributed by atoms with Gasteiger partial charge in [-0.25, -0.2) is 8.42 Å². The van der Waals surface area contributed by atoms with E-state index >= 15 is 0 Å². The zero-order chi connectivity index (χ0) is 22.7. The molecule has 0 fully saturated rings. The fourth-order valence-corrected chi connectivity index (χ4v) is 3.18. The molecule has 2 aromatic carbocycles. The van der Waals surface area contributed by atoms with Crippen molar-refractivity contribution >= 4 is 34.6 Å². The van der Waals surface area contributed by atoms with Gasteiger partial charge in [0.25, 0.3) is 0 Å². The molecule has 0 aliphatic rings. The number of hydrogen-bond acceptors (Lipinski definition) is 12. The minimum Gasteiger partial charge on any atom is -0.744 e. The molecule has 0 saturated heterocycles. The Bertz CT molecular complexity index is 1050. The van der Waals surface area contributed by atoms with Crippen LogP contribution >= 0.6 is 12.0 Å². The summed E-state index contributed by atoms with van der Waals surface area (Å²) in [5.41, 5.74) is 0.583. The molecule has 35 heavy (non-hydrogen) atoms. The first-order valence-electron chi connectivity index (χ1n) is 8.76. The van der Waals surface area contributed by atoms with Crippen molar-refractivity contribution in [1.29, 1.82) is 0 Å². The Morgan fingerprint density at radius 3 is 2.00 bits per heavy atom. The van der Waals surface area contributed by atoms with Gasteiger partial charge in [0.05, 0.1) is 30.0 Å². The second kappa shape index (κ2) is 21.0. The quantitative estimate of drug-likeness (QED) is 0.0406. The molecule has 0 aliphatic heterocycles. The van der Waals surface area contributed by atoms with Crippen LogP contribution in [-0.2, 0) is 36.6 Å². The van der Waals surface area contributed by atoms with E-state index in [9.17, 15) is 28.4 Å². The van der Waals surface area contributed by atoms with Gasteiger partial charge < -0.3 is 30.8 Å². The largest absolute Gasteiger partial charge is 1.00 e. The van der Waals surface area contributed by atoms with Crippen molar-refractivity contribution in [2.45, 2.75) is 9.79 Å². The van der Waals surface area contributed by atoms with Gasteiger partial charge in [-0.1, -0.05) is 0 Å². The molecular weight excluding hydrogens is 567 g/mol. The summed E-state index contributed by atoms with van der Waals surface area (Å²) in [6.07, 6.45) is 2.77. The topological polar surface area (TPSA) is 207 Å². The van der Waals surface area contributed by atoms with Crippen LogP contribution in [0.15, 0.2) is 56.2 Å². The van der Waals surface area contributed by atoms with Crippen LogP contribution in [0.3, 0.4) is 0 Å². The number of benzene rings is 2. The summed E-state index contributed by atoms with van der Waals surface area (Å²) < 4.78 is 37.3. The van der Waals surface area contributed by atoms with Gasteiger partial charge in [-0.15, -0.1) is 0 Å². The van der Waals surface area contributed by atoms with Gasteiger partial charge in [-0.2, -0.15) is 4.33 Å². The van der Waals surface area contributed by atoms with Gasteiger partial charge in [0.2, 0.25) is 0 Å². The normalized spacial score (nSPS) is 10.8. The van der Waals surface area contributed by atoms with Crippen molar-refractivity contribution in [2.75, 3.05) is 26.2 Å². The predicted molar refractivity (Wildman–Crippen MR) is 114 cm³/mol. The van der Waals surface area contributed by atoms with Crippen LogP contribution in [-0.4, -0.2) is 67.3 Å². The summed E-state index contributed by atoms with van der Waals surface area (Å²) in [6.45, 7) is 1.80. The summed E-state index contributed by atoms with van der Waals surface area (Å²) >= 11 is 0.705. The molecule has 17 heteroatoms. The van der Waals surface area contributed by atoms with Crippen LogP contribution in [0.4, 0.5) is 0 Å². The maximum absolute atomic E-state index is 11.0. The Labute approximate surface area is 261 Å². The first kappa shape index (κ1) is 39.5. The molecule has 0 saturated carbocycles. The number of nitrogens with one attached hydrogen (secondary N) is 1. The molecule has 2 rings (SSSR count). The second-order valence-electron chi connectivity index (χ2n) is 5.94. The van der Waals surface area contributed by atoms with Gasteiger partial charge in [0.1, 0.15) is 21.6 Å². The van der Waals surface area contributed by atoms with E-state index in [2.05, 4.69) is 24.7 Å². The third kappa shape index (κ3) is 15.1. The minimum absolute atomic E-state index is 0. The third-order valence-electron chi connectivity index (χ3n) is 3.74. The molecule has 0 amide bonds. The van der Waals surface area contributed by atoms with Crippen molar-refractivity contribution in [3.05, 3.63) is 47.5 Å². The van der Waals surface area contributed by atoms with Crippen LogP contribution in [0, 0.1) is 0 Å². The van der Waals surface area contributed by atoms with E-state index in [1.807, 2.05) is 0 Å². The Morgan fingerprint density at radius 1 is 0.971 bits per heavy atom. The van der Waals surface area contributed by atoms with Crippen molar-refractivity contribution in [1.82, 2.24) is 5.32 Å². The molecule has 0 spiro atoms. The SMILES string of the molecule is O.O=S(=O)([O-])c1ccc(O)c(C=NCCNCCN=Cc2cc(SOO[O-])ccc2O)c1.[Mn].[Na+].[Na+]. The fourth-order valence-electron chi connectivity index (χ4n) is 2.27. The van der Waals surface area contributed by atoms with Crippen molar-refractivity contribution < 1.29 is 119 Å². The van der Waals surface area contributed by atoms with E-state index in [-0.39, 0.29) is 98.7 Å². The molecule has 5 N–H and O–H groups in total. The molecule has 1 radical (unpaired) electrons. The van der Waals surface area contributed by atoms with Crippen molar-refractivity contribution in [2.24, 2.45) is 9.98 Å². The number of phenolic OH excluding ortho intramolecular Hbond substituents is 2. The molecule has 0 atom stereocenters. The van der Waals surface area contributed by atoms with Crippen LogP contribution in [0.25, 0.3) is 0 Å². The number of nitrogens with zero attached hydrogens (tertiary/aromatic N) is 2. The summed E-state index contributed by atoms with van der Waals surface area (Å²) in [4.78, 5) is 8.37. The van der Waals surface area contributed by atoms with Gasteiger partial charge in [-0.05, 0) is 36.4 Å². The molecular formula is C18H21MnN3Na2O9S2. The Hall–Kier alpha value is -0.0405. The zero-order valence-corrected chi connectivity index (χ0v) is 25.7. The number of hydrogen-bond donors (Lipinski definition) is 3. The molecule has 183 valence electrons. The Morgan fingerprint density at radius 2 is 1.49 bits per heavy atom. The minimum atomic E-state index is -4.61. The van der Waals surface area contributed by atoms with Crippen molar-refractivity contribution in [3.8, 4) is 11.5 Å². The summed E-state index contributed by atoms with van der Waals surface area (Å²) in [6, 6.07) is 7.78. The number of aliphatic imine (C=N–C) groups is 2. The van der Waals surface area contributed by atoms with Gasteiger partial charge in [0.15, 0.2) is 0 Å². The first-order valence-corrected chi connectivity index (χ1v) is 10.9. The van der Waals surface area contributed by atoms with Crippen molar-refractivity contribution in [3.63, 3.8) is 0 Å². The van der Waals surface area contributed by atoms with Crippen LogP contribution in [0.1, 0.15) is 11.1 Å². The first-order chi connectivity index (χ1) is 14.8. The van der Waals surface area contributed by atoms with E-state index in [1.165, 1.54) is 18.5 Å². The Kier molecular flexibility index (Phi) is 23.6. The average molecular weight is 588 g/mol. The van der Waals surface area contributed by atoms with E-state index in [1.54, 1.807) is 12.1 Å². The molecule has 0 bridgehead atoms. The number of aromatic hydroxyl groups is 2. The van der Waals surface area contributed by atoms with E-state index < -0.39 is 15.0 Å². The number of rotatable bonds is 12. The summed E-state index contributed by atoms with van der Waals surface area (Å²) in [5, 5.41) is 35.7. The van der Waals surface area contributed by atoms with E-state index in [0.717, 1.165) is 18.2 Å². The summed E-state index contributed by atoms with van der Waals surface area (Å²) in [7, 11) is -4.61. The predicted octanol–water partition coefficient (Wildman–Crippen LogP) is -6.46. The standard InChI is InChI=1S/C18H21N3O8S2.Mn.2Na.H2O/c22-17-3-1-15(30-29-28-24)9-13(17)11-20-7-5-19-6-8-21-12-14-10-16(31(25,26)27)2-4-18(14)23;;;;/h1-4,9-12,19,22-24H,5-8H2,(H,25,26,27);;;;1H2/q;;2*+1;/p-2. The molecule has 0 aliphatic carbocycles. The molecule has 0 unspecified atom stereocenters. The molecule has 12 nitrogen and oxygen atoms in total. The van der Waals surface area contributed by atoms with E-state index in [0.29, 0.717) is 48.7 Å². The zero-order valence-electron chi connectivity index (χ0n) is 18.9. The second-order valence-corrected chi connectivity index (χ2v) is 8.09. The molecule has 0 aromatic heterocycles. The maximum Gasteiger partial charge on any atom is 1.00 e. The third-order valence-corrected chi connectivity index (χ3v) is 5.14. The van der Waals surface area contributed by atoms with Gasteiger partial charge in [0, 0.05) is 58.6 Å². The van der Waals surface area contributed by atoms with E-state index in [4.69, 9.17) is 0 Å². The van der Waals surface area contributed by atoms with Gasteiger partial charge >= 0.3 is 59.1 Å². The van der Waals surface area contributed by atoms with Crippen LogP contribution < -0.4 is 69.7 Å². The van der Waals surface area contributed by atoms with Crippen LogP contribution in [0.2, 0.25) is 0 Å². The number of phenols is 2. The average Bonchev–Trinajstić information content (AvgIpc) is 2.73. The maximum atomic E-state index is 11.0.